The Labute approximate surface area is 118 Å². The predicted octanol–water partition coefficient (Wildman–Crippen LogP) is 2.58. The van der Waals surface area contributed by atoms with Crippen LogP contribution in [-0.2, 0) is 10.8 Å². The maximum Gasteiger partial charge on any atom is 0.120 e. The van der Waals surface area contributed by atoms with Crippen LogP contribution in [0.25, 0.3) is 0 Å². The monoisotopic (exact) mass is 281 g/mol. The lowest BCUT2D eigenvalue weighted by molar-refractivity contribution is 0.413. The lowest BCUT2D eigenvalue weighted by atomic mass is 10.1. The molecule has 1 N–H and O–H groups in total. The van der Waals surface area contributed by atoms with Gasteiger partial charge in [-0.3, -0.25) is 4.21 Å². The van der Waals surface area contributed by atoms with Crippen molar-refractivity contribution in [3.63, 3.8) is 0 Å². The van der Waals surface area contributed by atoms with Crippen LogP contribution in [0.3, 0.4) is 0 Å². The number of hydrogen-bond donors (Lipinski definition) is 1. The van der Waals surface area contributed by atoms with Crippen LogP contribution in [0.2, 0.25) is 0 Å². The van der Waals surface area contributed by atoms with E-state index in [1.165, 1.54) is 0 Å². The first-order valence-corrected chi connectivity index (χ1v) is 8.16. The molecule has 0 amide bonds. The fraction of sp³-hybridized carbons (Fsp3) is 0.600. The van der Waals surface area contributed by atoms with Crippen LogP contribution in [0, 0.1) is 5.92 Å². The molecule has 1 aliphatic carbocycles. The molecule has 1 saturated carbocycles. The Bertz CT molecular complexity index is 450. The van der Waals surface area contributed by atoms with Crippen molar-refractivity contribution in [1.29, 1.82) is 0 Å². The summed E-state index contributed by atoms with van der Waals surface area (Å²) in [5, 5.41) is 3.74. The highest BCUT2D eigenvalue weighted by atomic mass is 32.2. The van der Waals surface area contributed by atoms with Gasteiger partial charge in [0.2, 0.25) is 0 Å². The number of hydrogen-bond acceptors (Lipinski definition) is 3. The van der Waals surface area contributed by atoms with Crippen molar-refractivity contribution in [3.05, 3.63) is 24.3 Å². The first-order valence-electron chi connectivity index (χ1n) is 6.95. The van der Waals surface area contributed by atoms with Gasteiger partial charge in [0.05, 0.1) is 17.9 Å². The van der Waals surface area contributed by atoms with Gasteiger partial charge in [-0.2, -0.15) is 0 Å². The summed E-state index contributed by atoms with van der Waals surface area (Å²) in [6.45, 7) is 5.32. The molecular weight excluding hydrogens is 258 g/mol. The van der Waals surface area contributed by atoms with E-state index in [1.807, 2.05) is 24.3 Å². The van der Waals surface area contributed by atoms with E-state index in [-0.39, 0.29) is 5.25 Å². The maximum atomic E-state index is 12.7. The Kier molecular flexibility index (Phi) is 4.99. The third kappa shape index (κ3) is 3.18. The lowest BCUT2D eigenvalue weighted by Gasteiger charge is -2.21. The van der Waals surface area contributed by atoms with Gasteiger partial charge in [0.25, 0.3) is 0 Å². The number of nitrogens with one attached hydrogen (secondary N) is 1. The molecule has 0 bridgehead atoms. The second-order valence-corrected chi connectivity index (χ2v) is 6.79. The van der Waals surface area contributed by atoms with E-state index < -0.39 is 10.8 Å². The van der Waals surface area contributed by atoms with Crippen molar-refractivity contribution in [2.24, 2.45) is 5.92 Å². The SMILES string of the molecule is CCNC1CCC(S(=O)c2cccc(OC)c2)C1C. The Balaban J connectivity index is 2.11. The van der Waals surface area contributed by atoms with Crippen molar-refractivity contribution in [2.45, 2.75) is 42.9 Å². The minimum atomic E-state index is -0.945. The van der Waals surface area contributed by atoms with E-state index in [4.69, 9.17) is 4.74 Å². The molecule has 0 aromatic heterocycles. The topological polar surface area (TPSA) is 38.3 Å². The minimum Gasteiger partial charge on any atom is -0.497 e. The van der Waals surface area contributed by atoms with Gasteiger partial charge in [-0.1, -0.05) is 19.9 Å². The summed E-state index contributed by atoms with van der Waals surface area (Å²) < 4.78 is 17.9. The molecule has 3 nitrogen and oxygen atoms in total. The molecule has 4 unspecified atom stereocenters. The van der Waals surface area contributed by atoms with Gasteiger partial charge in [0.15, 0.2) is 0 Å². The average Bonchev–Trinajstić information content (AvgIpc) is 2.80. The van der Waals surface area contributed by atoms with Crippen LogP contribution in [0.4, 0.5) is 0 Å². The second kappa shape index (κ2) is 6.53. The minimum absolute atomic E-state index is 0.246. The maximum absolute atomic E-state index is 12.7. The van der Waals surface area contributed by atoms with E-state index in [0.717, 1.165) is 30.0 Å². The molecular formula is C15H23NO2S. The van der Waals surface area contributed by atoms with E-state index in [9.17, 15) is 4.21 Å². The second-order valence-electron chi connectivity index (χ2n) is 5.12. The van der Waals surface area contributed by atoms with Gasteiger partial charge >= 0.3 is 0 Å². The van der Waals surface area contributed by atoms with E-state index in [0.29, 0.717) is 12.0 Å². The molecule has 1 aliphatic rings. The van der Waals surface area contributed by atoms with E-state index >= 15 is 0 Å². The number of benzene rings is 1. The Morgan fingerprint density at radius 1 is 1.42 bits per heavy atom. The molecule has 4 heteroatoms. The first kappa shape index (κ1) is 14.5. The van der Waals surface area contributed by atoms with E-state index in [1.54, 1.807) is 7.11 Å². The van der Waals surface area contributed by atoms with Crippen LogP contribution in [0.5, 0.6) is 5.75 Å². The summed E-state index contributed by atoms with van der Waals surface area (Å²) in [6, 6.07) is 8.13. The fourth-order valence-electron chi connectivity index (χ4n) is 2.88. The third-order valence-corrected chi connectivity index (χ3v) is 5.93. The summed E-state index contributed by atoms with van der Waals surface area (Å²) in [5.41, 5.74) is 0. The molecule has 0 aliphatic heterocycles. The molecule has 0 heterocycles. The smallest absolute Gasteiger partial charge is 0.120 e. The average molecular weight is 281 g/mol. The Hall–Kier alpha value is -0.870. The molecule has 106 valence electrons. The zero-order valence-electron chi connectivity index (χ0n) is 11.9. The summed E-state index contributed by atoms with van der Waals surface area (Å²) in [6.07, 6.45) is 2.15. The van der Waals surface area contributed by atoms with Crippen LogP contribution in [-0.4, -0.2) is 29.2 Å². The van der Waals surface area contributed by atoms with E-state index in [2.05, 4.69) is 19.2 Å². The highest BCUT2D eigenvalue weighted by Gasteiger charge is 2.36. The first-order chi connectivity index (χ1) is 9.17. The fourth-order valence-corrected chi connectivity index (χ4v) is 4.61. The van der Waals surface area contributed by atoms with Crippen LogP contribution in [0.1, 0.15) is 26.7 Å². The largest absolute Gasteiger partial charge is 0.497 e. The highest BCUT2D eigenvalue weighted by Crippen LogP contribution is 2.33. The number of ether oxygens (including phenoxy) is 1. The molecule has 2 rings (SSSR count). The van der Waals surface area contributed by atoms with Crippen molar-refractivity contribution < 1.29 is 8.95 Å². The summed E-state index contributed by atoms with van der Waals surface area (Å²) in [7, 11) is 0.695. The van der Waals surface area contributed by atoms with Crippen molar-refractivity contribution in [2.75, 3.05) is 13.7 Å². The van der Waals surface area contributed by atoms with Crippen LogP contribution >= 0.6 is 0 Å². The molecule has 0 saturated heterocycles. The highest BCUT2D eigenvalue weighted by molar-refractivity contribution is 7.85. The van der Waals surface area contributed by atoms with Crippen molar-refractivity contribution in [3.8, 4) is 5.75 Å². The predicted molar refractivity (Wildman–Crippen MR) is 79.1 cm³/mol. The van der Waals surface area contributed by atoms with Gasteiger partial charge in [-0.25, -0.2) is 0 Å². The summed E-state index contributed by atoms with van der Waals surface area (Å²) in [4.78, 5) is 0.883. The normalized spacial score (nSPS) is 28.3. The summed E-state index contributed by atoms with van der Waals surface area (Å²) >= 11 is 0. The molecule has 1 aromatic carbocycles. The summed E-state index contributed by atoms with van der Waals surface area (Å²) in [5.74, 6) is 1.23. The molecule has 0 radical (unpaired) electrons. The molecule has 1 fully saturated rings. The van der Waals surface area contributed by atoms with Crippen LogP contribution < -0.4 is 10.1 Å². The zero-order valence-corrected chi connectivity index (χ0v) is 12.7. The van der Waals surface area contributed by atoms with Gasteiger partial charge in [0, 0.05) is 16.2 Å². The molecule has 1 aromatic rings. The third-order valence-electron chi connectivity index (χ3n) is 4.00. The molecule has 0 spiro atoms. The number of methoxy groups -OCH3 is 1. The van der Waals surface area contributed by atoms with Crippen molar-refractivity contribution in [1.82, 2.24) is 5.32 Å². The van der Waals surface area contributed by atoms with Gasteiger partial charge in [0.1, 0.15) is 5.75 Å². The van der Waals surface area contributed by atoms with Gasteiger partial charge in [-0.05, 0) is 43.5 Å². The lowest BCUT2D eigenvalue weighted by Crippen LogP contribution is -2.34. The van der Waals surface area contributed by atoms with Crippen LogP contribution in [0.15, 0.2) is 29.2 Å². The zero-order chi connectivity index (χ0) is 13.8. The Morgan fingerprint density at radius 2 is 2.21 bits per heavy atom. The molecule has 19 heavy (non-hydrogen) atoms. The Morgan fingerprint density at radius 3 is 2.89 bits per heavy atom. The quantitative estimate of drug-likeness (QED) is 0.901. The standard InChI is InChI=1S/C15H23NO2S/c1-4-16-14-8-9-15(11(14)2)19(17)13-7-5-6-12(10-13)18-3/h5-7,10-11,14-16H,4,8-9H2,1-3H3. The molecule has 4 atom stereocenters. The number of rotatable bonds is 5. The van der Waals surface area contributed by atoms with Crippen molar-refractivity contribution >= 4 is 10.8 Å². The van der Waals surface area contributed by atoms with Gasteiger partial charge < -0.3 is 10.1 Å². The van der Waals surface area contributed by atoms with Gasteiger partial charge in [-0.15, -0.1) is 0 Å².